The number of hydrogen-bond donors (Lipinski definition) is 1. The minimum atomic E-state index is 0.977. The largest absolute Gasteiger partial charge is 0.254 e. The highest BCUT2D eigenvalue weighted by Gasteiger charge is 2.00. The van der Waals surface area contributed by atoms with Crippen LogP contribution < -0.4 is 0 Å². The summed E-state index contributed by atoms with van der Waals surface area (Å²) in [5.41, 5.74) is 1.95. The smallest absolute Gasteiger partial charge is 0.135 e. The zero-order valence-electron chi connectivity index (χ0n) is 9.93. The van der Waals surface area contributed by atoms with Gasteiger partial charge >= 0.3 is 0 Å². The lowest BCUT2D eigenvalue weighted by Crippen LogP contribution is -1.83. The third-order valence-corrected chi connectivity index (χ3v) is 2.61. The number of tetrazole rings is 1. The molecule has 0 spiro atoms. The number of aromatic nitrogens is 6. The van der Waals surface area contributed by atoms with Crippen LogP contribution in [0.15, 0.2) is 55.1 Å². The van der Waals surface area contributed by atoms with Crippen LogP contribution in [0.2, 0.25) is 0 Å². The van der Waals surface area contributed by atoms with Crippen LogP contribution in [0, 0.1) is 0 Å². The van der Waals surface area contributed by atoms with Gasteiger partial charge in [0.25, 0.3) is 0 Å². The van der Waals surface area contributed by atoms with E-state index in [-0.39, 0.29) is 0 Å². The van der Waals surface area contributed by atoms with Gasteiger partial charge in [0.15, 0.2) is 0 Å². The van der Waals surface area contributed by atoms with Crippen molar-refractivity contribution in [2.45, 2.75) is 0 Å². The molecule has 0 saturated heterocycles. The fourth-order valence-electron chi connectivity index (χ4n) is 1.81. The summed E-state index contributed by atoms with van der Waals surface area (Å²) >= 11 is 0. The summed E-state index contributed by atoms with van der Waals surface area (Å²) in [5, 5.41) is 14.4. The summed E-state index contributed by atoms with van der Waals surface area (Å²) in [6.07, 6.45) is 5.01. The second kappa shape index (κ2) is 5.18. The van der Waals surface area contributed by atoms with E-state index in [2.05, 4.69) is 54.9 Å². The number of rotatable bonds is 0. The van der Waals surface area contributed by atoms with Crippen LogP contribution in [-0.4, -0.2) is 30.6 Å². The van der Waals surface area contributed by atoms with Crippen LogP contribution in [0.3, 0.4) is 0 Å². The number of hydrogen-bond acceptors (Lipinski definition) is 5. The van der Waals surface area contributed by atoms with Crippen LogP contribution in [0.25, 0.3) is 21.8 Å². The Morgan fingerprint density at radius 2 is 1.42 bits per heavy atom. The summed E-state index contributed by atoms with van der Waals surface area (Å²) in [5.74, 6) is 0. The molecule has 0 saturated carbocycles. The average Bonchev–Trinajstić information content (AvgIpc) is 3.07. The Morgan fingerprint density at radius 1 is 0.789 bits per heavy atom. The molecular formula is C13H10N6. The molecule has 3 heterocycles. The number of nitrogens with zero attached hydrogens (tertiary/aromatic N) is 5. The molecule has 4 aromatic rings. The lowest BCUT2D eigenvalue weighted by Gasteiger charge is -2.00. The Labute approximate surface area is 108 Å². The number of pyridine rings is 2. The van der Waals surface area contributed by atoms with E-state index >= 15 is 0 Å². The number of nitrogens with one attached hydrogen (secondary N) is 1. The van der Waals surface area contributed by atoms with Gasteiger partial charge in [-0.15, -0.1) is 5.10 Å². The average molecular weight is 250 g/mol. The van der Waals surface area contributed by atoms with Crippen molar-refractivity contribution in [3.63, 3.8) is 0 Å². The third kappa shape index (κ3) is 2.37. The molecule has 0 amide bonds. The first-order valence-corrected chi connectivity index (χ1v) is 5.71. The van der Waals surface area contributed by atoms with E-state index in [0.29, 0.717) is 0 Å². The monoisotopic (exact) mass is 250 g/mol. The predicted molar refractivity (Wildman–Crippen MR) is 71.2 cm³/mol. The van der Waals surface area contributed by atoms with Gasteiger partial charge in [0.05, 0.1) is 11.0 Å². The second-order valence-corrected chi connectivity index (χ2v) is 3.78. The van der Waals surface area contributed by atoms with Crippen molar-refractivity contribution < 1.29 is 0 Å². The highest BCUT2D eigenvalue weighted by atomic mass is 15.5. The number of fused-ring (bicyclic) bond motifs is 3. The maximum Gasteiger partial charge on any atom is 0.135 e. The first-order chi connectivity index (χ1) is 9.45. The minimum absolute atomic E-state index is 0.977. The lowest BCUT2D eigenvalue weighted by molar-refractivity contribution is 0.881. The standard InChI is InChI=1S/C12H8N2.CH2N4/c1-3-9-5-6-10-4-2-8-14-12(10)11(9)13-7-1;1-2-4-5-3-1/h1-8H;1H,(H,2,3,4,5). The van der Waals surface area contributed by atoms with Gasteiger partial charge in [0, 0.05) is 23.2 Å². The maximum absolute atomic E-state index is 4.35. The van der Waals surface area contributed by atoms with Gasteiger partial charge in [0.1, 0.15) is 6.33 Å². The van der Waals surface area contributed by atoms with E-state index < -0.39 is 0 Å². The Bertz CT molecular complexity index is 709. The fourth-order valence-corrected chi connectivity index (χ4v) is 1.81. The minimum Gasteiger partial charge on any atom is -0.254 e. The van der Waals surface area contributed by atoms with Gasteiger partial charge in [-0.2, -0.15) is 0 Å². The van der Waals surface area contributed by atoms with Crippen LogP contribution in [-0.2, 0) is 0 Å². The summed E-state index contributed by atoms with van der Waals surface area (Å²) < 4.78 is 0. The normalized spacial score (nSPS) is 10.1. The maximum atomic E-state index is 4.35. The first-order valence-electron chi connectivity index (χ1n) is 5.71. The molecule has 92 valence electrons. The van der Waals surface area contributed by atoms with Crippen molar-refractivity contribution in [3.8, 4) is 0 Å². The van der Waals surface area contributed by atoms with Gasteiger partial charge in [-0.3, -0.25) is 9.97 Å². The number of H-pyrrole nitrogens is 1. The van der Waals surface area contributed by atoms with Crippen LogP contribution in [0.5, 0.6) is 0 Å². The molecule has 6 heteroatoms. The molecule has 0 fully saturated rings. The summed E-state index contributed by atoms with van der Waals surface area (Å²) in [7, 11) is 0. The van der Waals surface area contributed by atoms with Crippen LogP contribution >= 0.6 is 0 Å². The quantitative estimate of drug-likeness (QED) is 0.483. The van der Waals surface area contributed by atoms with Crippen molar-refractivity contribution in [1.29, 1.82) is 0 Å². The van der Waals surface area contributed by atoms with Gasteiger partial charge < -0.3 is 0 Å². The molecule has 0 unspecified atom stereocenters. The van der Waals surface area contributed by atoms with E-state index in [0.717, 1.165) is 21.8 Å². The van der Waals surface area contributed by atoms with Crippen molar-refractivity contribution in [2.75, 3.05) is 0 Å². The van der Waals surface area contributed by atoms with E-state index in [9.17, 15) is 0 Å². The van der Waals surface area contributed by atoms with Crippen LogP contribution in [0.4, 0.5) is 0 Å². The van der Waals surface area contributed by atoms with Crippen molar-refractivity contribution in [1.82, 2.24) is 30.6 Å². The summed E-state index contributed by atoms with van der Waals surface area (Å²) in [6.45, 7) is 0. The summed E-state index contributed by atoms with van der Waals surface area (Å²) in [4.78, 5) is 8.69. The Hall–Kier alpha value is -2.89. The van der Waals surface area contributed by atoms with Gasteiger partial charge in [0.2, 0.25) is 0 Å². The molecule has 0 atom stereocenters. The van der Waals surface area contributed by atoms with Crippen molar-refractivity contribution >= 4 is 21.8 Å². The van der Waals surface area contributed by atoms with Crippen LogP contribution in [0.1, 0.15) is 0 Å². The molecule has 6 nitrogen and oxygen atoms in total. The molecule has 1 N–H and O–H groups in total. The first kappa shape index (κ1) is 11.2. The molecule has 0 radical (unpaired) electrons. The Kier molecular flexibility index (Phi) is 3.05. The third-order valence-electron chi connectivity index (χ3n) is 2.61. The molecule has 0 aliphatic carbocycles. The number of aromatic amines is 1. The van der Waals surface area contributed by atoms with E-state index in [4.69, 9.17) is 0 Å². The molecule has 1 aromatic carbocycles. The van der Waals surface area contributed by atoms with E-state index in [1.165, 1.54) is 6.33 Å². The molecule has 0 aliphatic heterocycles. The predicted octanol–water partition coefficient (Wildman–Crippen LogP) is 1.98. The van der Waals surface area contributed by atoms with E-state index in [1.807, 2.05) is 12.1 Å². The highest BCUT2D eigenvalue weighted by molar-refractivity contribution is 6.02. The van der Waals surface area contributed by atoms with Gasteiger partial charge in [-0.05, 0) is 22.6 Å². The molecule has 3 aromatic heterocycles. The molecule has 4 rings (SSSR count). The topological polar surface area (TPSA) is 80.2 Å². The SMILES string of the molecule is c1cnc2c(c1)ccc1cccnc12.c1nnn[nH]1. The highest BCUT2D eigenvalue weighted by Crippen LogP contribution is 2.20. The molecule has 19 heavy (non-hydrogen) atoms. The van der Waals surface area contributed by atoms with E-state index in [1.54, 1.807) is 12.4 Å². The van der Waals surface area contributed by atoms with Gasteiger partial charge in [-0.25, -0.2) is 5.10 Å². The Balaban J connectivity index is 0.000000187. The Morgan fingerprint density at radius 3 is 1.84 bits per heavy atom. The summed E-state index contributed by atoms with van der Waals surface area (Å²) in [6, 6.07) is 12.1. The van der Waals surface area contributed by atoms with Crippen molar-refractivity contribution in [2.24, 2.45) is 0 Å². The van der Waals surface area contributed by atoms with Crippen molar-refractivity contribution in [3.05, 3.63) is 55.1 Å². The molecule has 0 bridgehead atoms. The zero-order chi connectivity index (χ0) is 12.9. The molecule has 0 aliphatic rings. The second-order valence-electron chi connectivity index (χ2n) is 3.78. The fraction of sp³-hybridized carbons (Fsp3) is 0. The van der Waals surface area contributed by atoms with Gasteiger partial charge in [-0.1, -0.05) is 24.3 Å². The zero-order valence-corrected chi connectivity index (χ0v) is 9.93. The molecular weight excluding hydrogens is 240 g/mol. The number of benzene rings is 1. The lowest BCUT2D eigenvalue weighted by atomic mass is 10.1.